The van der Waals surface area contributed by atoms with Crippen molar-refractivity contribution in [1.82, 2.24) is 4.90 Å². The molecule has 1 fully saturated rings. The Hall–Kier alpha value is -1.51. The van der Waals surface area contributed by atoms with E-state index in [-0.39, 0.29) is 5.91 Å². The van der Waals surface area contributed by atoms with Crippen molar-refractivity contribution in [3.63, 3.8) is 0 Å². The van der Waals surface area contributed by atoms with Gasteiger partial charge in [-0.05, 0) is 55.2 Å². The van der Waals surface area contributed by atoms with E-state index in [4.69, 9.17) is 0 Å². The average Bonchev–Trinajstić information content (AvgIpc) is 2.93. The van der Waals surface area contributed by atoms with E-state index >= 15 is 0 Å². The van der Waals surface area contributed by atoms with Crippen LogP contribution in [-0.4, -0.2) is 30.4 Å². The standard InChI is InChI=1S/C18H26N2O/c1-18(2)9-6-15(7-10-18)20(3)17(21)14-5-4-13-8-11-19-16(13)12-14/h4-5,12,15,19H,6-11H2,1-3H3. The van der Waals surface area contributed by atoms with E-state index in [9.17, 15) is 4.79 Å². The van der Waals surface area contributed by atoms with E-state index < -0.39 is 0 Å². The molecule has 0 saturated heterocycles. The van der Waals surface area contributed by atoms with Gasteiger partial charge in [0.1, 0.15) is 0 Å². The Morgan fingerprint density at radius 3 is 2.71 bits per heavy atom. The lowest BCUT2D eigenvalue weighted by Gasteiger charge is -2.38. The highest BCUT2D eigenvalue weighted by Crippen LogP contribution is 2.37. The van der Waals surface area contributed by atoms with Gasteiger partial charge < -0.3 is 10.2 Å². The summed E-state index contributed by atoms with van der Waals surface area (Å²) in [5.41, 5.74) is 3.72. The van der Waals surface area contributed by atoms with Gasteiger partial charge in [-0.15, -0.1) is 0 Å². The van der Waals surface area contributed by atoms with E-state index in [1.165, 1.54) is 18.4 Å². The van der Waals surface area contributed by atoms with Crippen LogP contribution in [0.3, 0.4) is 0 Å². The molecule has 1 N–H and O–H groups in total. The van der Waals surface area contributed by atoms with E-state index in [0.29, 0.717) is 11.5 Å². The predicted molar refractivity (Wildman–Crippen MR) is 86.8 cm³/mol. The van der Waals surface area contributed by atoms with Crippen LogP contribution in [0.2, 0.25) is 0 Å². The molecule has 1 aliphatic heterocycles. The van der Waals surface area contributed by atoms with Gasteiger partial charge in [0.25, 0.3) is 5.91 Å². The number of rotatable bonds is 2. The Kier molecular flexibility index (Phi) is 3.68. The third-order valence-corrected chi connectivity index (χ3v) is 5.24. The van der Waals surface area contributed by atoms with Crippen LogP contribution in [0.15, 0.2) is 18.2 Å². The van der Waals surface area contributed by atoms with Gasteiger partial charge >= 0.3 is 0 Å². The molecular formula is C18H26N2O. The summed E-state index contributed by atoms with van der Waals surface area (Å²) < 4.78 is 0. The number of nitrogens with zero attached hydrogens (tertiary/aromatic N) is 1. The van der Waals surface area contributed by atoms with Gasteiger partial charge in [0, 0.05) is 30.9 Å². The molecular weight excluding hydrogens is 260 g/mol. The van der Waals surface area contributed by atoms with Gasteiger partial charge in [-0.1, -0.05) is 19.9 Å². The molecule has 114 valence electrons. The summed E-state index contributed by atoms with van der Waals surface area (Å²) in [6, 6.07) is 6.50. The van der Waals surface area contributed by atoms with Crippen molar-refractivity contribution < 1.29 is 4.79 Å². The minimum Gasteiger partial charge on any atom is -0.384 e. The van der Waals surface area contributed by atoms with Crippen LogP contribution in [0, 0.1) is 5.41 Å². The first-order valence-electron chi connectivity index (χ1n) is 8.10. The first-order valence-corrected chi connectivity index (χ1v) is 8.10. The van der Waals surface area contributed by atoms with E-state index in [0.717, 1.165) is 37.1 Å². The molecule has 0 aromatic heterocycles. The second-order valence-corrected chi connectivity index (χ2v) is 7.36. The van der Waals surface area contributed by atoms with Crippen molar-refractivity contribution in [1.29, 1.82) is 0 Å². The van der Waals surface area contributed by atoms with Gasteiger partial charge in [0.05, 0.1) is 0 Å². The lowest BCUT2D eigenvalue weighted by atomic mass is 9.75. The SMILES string of the molecule is CN(C(=O)c1ccc2c(c1)NCC2)C1CCC(C)(C)CC1. The molecule has 1 amide bonds. The summed E-state index contributed by atoms with van der Waals surface area (Å²) in [5, 5.41) is 3.35. The topological polar surface area (TPSA) is 32.3 Å². The number of anilines is 1. The Labute approximate surface area is 127 Å². The maximum atomic E-state index is 12.7. The van der Waals surface area contributed by atoms with Crippen LogP contribution in [0.5, 0.6) is 0 Å². The largest absolute Gasteiger partial charge is 0.384 e. The highest BCUT2D eigenvalue weighted by molar-refractivity contribution is 5.95. The maximum Gasteiger partial charge on any atom is 0.253 e. The van der Waals surface area contributed by atoms with Crippen molar-refractivity contribution in [2.45, 2.75) is 52.0 Å². The maximum absolute atomic E-state index is 12.7. The molecule has 3 nitrogen and oxygen atoms in total. The van der Waals surface area contributed by atoms with Crippen molar-refractivity contribution in [3.8, 4) is 0 Å². The molecule has 2 aliphatic rings. The number of benzene rings is 1. The van der Waals surface area contributed by atoms with Gasteiger partial charge in [-0.2, -0.15) is 0 Å². The summed E-state index contributed by atoms with van der Waals surface area (Å²) in [7, 11) is 1.96. The smallest absolute Gasteiger partial charge is 0.253 e. The van der Waals surface area contributed by atoms with Crippen molar-refractivity contribution >= 4 is 11.6 Å². The molecule has 21 heavy (non-hydrogen) atoms. The van der Waals surface area contributed by atoms with Crippen LogP contribution >= 0.6 is 0 Å². The Bertz CT molecular complexity index is 540. The van der Waals surface area contributed by atoms with Gasteiger partial charge in [-0.3, -0.25) is 4.79 Å². The molecule has 1 saturated carbocycles. The molecule has 0 atom stereocenters. The summed E-state index contributed by atoms with van der Waals surface area (Å²) in [6.07, 6.45) is 5.73. The van der Waals surface area contributed by atoms with Gasteiger partial charge in [0.15, 0.2) is 0 Å². The van der Waals surface area contributed by atoms with E-state index in [1.54, 1.807) is 0 Å². The second-order valence-electron chi connectivity index (χ2n) is 7.36. The third-order valence-electron chi connectivity index (χ3n) is 5.24. The molecule has 1 heterocycles. The van der Waals surface area contributed by atoms with Crippen LogP contribution in [0.25, 0.3) is 0 Å². The monoisotopic (exact) mass is 286 g/mol. The van der Waals surface area contributed by atoms with Gasteiger partial charge in [0.2, 0.25) is 0 Å². The molecule has 0 spiro atoms. The lowest BCUT2D eigenvalue weighted by Crippen LogP contribution is -2.40. The van der Waals surface area contributed by atoms with Crippen LogP contribution < -0.4 is 5.32 Å². The summed E-state index contributed by atoms with van der Waals surface area (Å²) in [5.74, 6) is 0.163. The zero-order valence-corrected chi connectivity index (χ0v) is 13.4. The first kappa shape index (κ1) is 14.4. The highest BCUT2D eigenvalue weighted by Gasteiger charge is 2.31. The number of carbonyl (C=O) groups is 1. The number of fused-ring (bicyclic) bond motifs is 1. The zero-order valence-electron chi connectivity index (χ0n) is 13.4. The molecule has 1 aliphatic carbocycles. The molecule has 0 bridgehead atoms. The van der Waals surface area contributed by atoms with Crippen molar-refractivity contribution in [2.24, 2.45) is 5.41 Å². The van der Waals surface area contributed by atoms with Gasteiger partial charge in [-0.25, -0.2) is 0 Å². The van der Waals surface area contributed by atoms with Crippen LogP contribution in [-0.2, 0) is 6.42 Å². The molecule has 0 unspecified atom stereocenters. The summed E-state index contributed by atoms with van der Waals surface area (Å²) in [6.45, 7) is 5.65. The fourth-order valence-electron chi connectivity index (χ4n) is 3.56. The number of hydrogen-bond acceptors (Lipinski definition) is 2. The third kappa shape index (κ3) is 2.92. The van der Waals surface area contributed by atoms with E-state index in [2.05, 4.69) is 25.2 Å². The number of carbonyl (C=O) groups excluding carboxylic acids is 1. The quantitative estimate of drug-likeness (QED) is 0.899. The Balaban J connectivity index is 1.70. The zero-order chi connectivity index (χ0) is 15.0. The van der Waals surface area contributed by atoms with Crippen LogP contribution in [0.1, 0.15) is 55.5 Å². The Morgan fingerprint density at radius 2 is 2.00 bits per heavy atom. The molecule has 3 rings (SSSR count). The van der Waals surface area contributed by atoms with Crippen molar-refractivity contribution in [2.75, 3.05) is 18.9 Å². The van der Waals surface area contributed by atoms with Crippen LogP contribution in [0.4, 0.5) is 5.69 Å². The minimum absolute atomic E-state index is 0.163. The highest BCUT2D eigenvalue weighted by atomic mass is 16.2. The minimum atomic E-state index is 0.163. The van der Waals surface area contributed by atoms with Crippen molar-refractivity contribution in [3.05, 3.63) is 29.3 Å². The van der Waals surface area contributed by atoms with E-state index in [1.807, 2.05) is 24.1 Å². The molecule has 1 aromatic rings. The fraction of sp³-hybridized carbons (Fsp3) is 0.611. The number of nitrogens with one attached hydrogen (secondary N) is 1. The summed E-state index contributed by atoms with van der Waals surface area (Å²) >= 11 is 0. The summed E-state index contributed by atoms with van der Waals surface area (Å²) in [4.78, 5) is 14.7. The molecule has 3 heteroatoms. The number of hydrogen-bond donors (Lipinski definition) is 1. The Morgan fingerprint density at radius 1 is 1.29 bits per heavy atom. The normalized spacial score (nSPS) is 20.7. The lowest BCUT2D eigenvalue weighted by molar-refractivity contribution is 0.0635. The first-order chi connectivity index (χ1) is 9.96. The average molecular weight is 286 g/mol. The predicted octanol–water partition coefficient (Wildman–Crippen LogP) is 3.70. The fourth-order valence-corrected chi connectivity index (χ4v) is 3.56. The second kappa shape index (κ2) is 5.36. The molecule has 1 aromatic carbocycles. The molecule has 0 radical (unpaired) electrons. The number of amides is 1.